The number of ketones is 1. The number of benzene rings is 2. The molecule has 0 aliphatic carbocycles. The third-order valence-electron chi connectivity index (χ3n) is 3.39. The van der Waals surface area contributed by atoms with Crippen LogP contribution < -0.4 is 0 Å². The zero-order valence-electron chi connectivity index (χ0n) is 10.6. The van der Waals surface area contributed by atoms with Crippen LogP contribution in [-0.2, 0) is 16.1 Å². The first-order chi connectivity index (χ1) is 9.68. The first kappa shape index (κ1) is 12.6. The number of carbonyl (C=O) groups excluding carboxylic acids is 1. The lowest BCUT2D eigenvalue weighted by atomic mass is 9.94. The zero-order chi connectivity index (χ0) is 14.1. The lowest BCUT2D eigenvalue weighted by Gasteiger charge is -2.07. The van der Waals surface area contributed by atoms with Gasteiger partial charge in [0.2, 0.25) is 0 Å². The third kappa shape index (κ3) is 2.00. The lowest BCUT2D eigenvalue weighted by Crippen LogP contribution is -2.10. The van der Waals surface area contributed by atoms with Gasteiger partial charge in [-0.1, -0.05) is 48.5 Å². The lowest BCUT2D eigenvalue weighted by molar-refractivity contribution is -0.149. The molecule has 0 saturated carbocycles. The molecule has 1 N–H and O–H groups in total. The maximum atomic E-state index is 12.5. The van der Waals surface area contributed by atoms with E-state index < -0.39 is 12.1 Å². The Bertz CT molecular complexity index is 676. The number of ether oxygens (including phenoxy) is 1. The maximum absolute atomic E-state index is 12.5. The highest BCUT2D eigenvalue weighted by Gasteiger charge is 2.32. The second-order valence-electron chi connectivity index (χ2n) is 4.60. The Morgan fingerprint density at radius 3 is 2.50 bits per heavy atom. The van der Waals surface area contributed by atoms with E-state index in [4.69, 9.17) is 9.84 Å². The second-order valence-corrected chi connectivity index (χ2v) is 4.60. The summed E-state index contributed by atoms with van der Waals surface area (Å²) in [5.41, 5.74) is 2.34. The summed E-state index contributed by atoms with van der Waals surface area (Å²) >= 11 is 0. The number of fused-ring (bicyclic) bond motifs is 1. The fourth-order valence-electron chi connectivity index (χ4n) is 2.43. The summed E-state index contributed by atoms with van der Waals surface area (Å²) in [6.07, 6.45) is -0.978. The van der Waals surface area contributed by atoms with E-state index in [1.54, 1.807) is 42.5 Å². The van der Waals surface area contributed by atoms with Gasteiger partial charge in [0.05, 0.1) is 6.61 Å². The molecule has 0 unspecified atom stereocenters. The Balaban J connectivity index is 2.05. The molecule has 1 aliphatic rings. The number of hydrogen-bond acceptors (Lipinski definition) is 3. The van der Waals surface area contributed by atoms with E-state index >= 15 is 0 Å². The number of rotatable bonds is 3. The van der Waals surface area contributed by atoms with Crippen molar-refractivity contribution in [3.05, 3.63) is 70.8 Å². The third-order valence-corrected chi connectivity index (χ3v) is 3.39. The summed E-state index contributed by atoms with van der Waals surface area (Å²) in [6.45, 7) is 0.154. The molecule has 2 aromatic carbocycles. The molecule has 1 atom stereocenters. The number of carboxylic acid groups (broad SMARTS) is 1. The van der Waals surface area contributed by atoms with Crippen molar-refractivity contribution < 1.29 is 19.4 Å². The van der Waals surface area contributed by atoms with Crippen LogP contribution in [0.3, 0.4) is 0 Å². The van der Waals surface area contributed by atoms with Crippen LogP contribution in [0.2, 0.25) is 0 Å². The van der Waals surface area contributed by atoms with Gasteiger partial charge in [-0.3, -0.25) is 4.79 Å². The number of hydrogen-bond donors (Lipinski definition) is 1. The second kappa shape index (κ2) is 4.90. The predicted octanol–water partition coefficient (Wildman–Crippen LogP) is 2.57. The van der Waals surface area contributed by atoms with Crippen molar-refractivity contribution >= 4 is 11.8 Å². The molecular weight excluding hydrogens is 256 g/mol. The van der Waals surface area contributed by atoms with E-state index in [-0.39, 0.29) is 12.4 Å². The molecule has 0 fully saturated rings. The van der Waals surface area contributed by atoms with Gasteiger partial charge in [-0.15, -0.1) is 0 Å². The van der Waals surface area contributed by atoms with Crippen LogP contribution in [0, 0.1) is 0 Å². The van der Waals surface area contributed by atoms with Crippen LogP contribution in [0.4, 0.5) is 0 Å². The number of carbonyl (C=O) groups is 2. The minimum atomic E-state index is -1.03. The van der Waals surface area contributed by atoms with Crippen molar-refractivity contribution in [2.45, 2.75) is 12.7 Å². The monoisotopic (exact) mass is 268 g/mol. The molecule has 0 aromatic heterocycles. The highest BCUT2D eigenvalue weighted by molar-refractivity contribution is 6.10. The van der Waals surface area contributed by atoms with Crippen LogP contribution in [0.5, 0.6) is 0 Å². The molecule has 4 nitrogen and oxygen atoms in total. The van der Waals surface area contributed by atoms with E-state index in [9.17, 15) is 9.59 Å². The minimum Gasteiger partial charge on any atom is -0.479 e. The largest absolute Gasteiger partial charge is 0.479 e. The van der Waals surface area contributed by atoms with Gasteiger partial charge in [0, 0.05) is 11.1 Å². The van der Waals surface area contributed by atoms with Crippen molar-refractivity contribution in [2.24, 2.45) is 0 Å². The Kier molecular flexibility index (Phi) is 3.08. The van der Waals surface area contributed by atoms with E-state index in [0.29, 0.717) is 22.3 Å². The average Bonchev–Trinajstić information content (AvgIpc) is 2.91. The molecule has 4 heteroatoms. The van der Waals surface area contributed by atoms with E-state index in [1.807, 2.05) is 6.07 Å². The van der Waals surface area contributed by atoms with Gasteiger partial charge in [0.15, 0.2) is 11.9 Å². The standard InChI is InChI=1S/C16H12O4/c17-14(10-5-2-1-3-6-10)11-7-4-8-12-13(11)9-20-15(12)16(18)19/h1-8,15H,9H2,(H,18,19)/t15-/m0/s1. The fourth-order valence-corrected chi connectivity index (χ4v) is 2.43. The predicted molar refractivity (Wildman–Crippen MR) is 71.5 cm³/mol. The van der Waals surface area contributed by atoms with Gasteiger partial charge in [-0.25, -0.2) is 4.79 Å². The van der Waals surface area contributed by atoms with Gasteiger partial charge in [-0.05, 0) is 11.1 Å². The van der Waals surface area contributed by atoms with E-state index in [0.717, 1.165) is 0 Å². The topological polar surface area (TPSA) is 63.6 Å². The van der Waals surface area contributed by atoms with Gasteiger partial charge in [0.1, 0.15) is 0 Å². The molecule has 20 heavy (non-hydrogen) atoms. The molecule has 1 heterocycles. The van der Waals surface area contributed by atoms with Gasteiger partial charge < -0.3 is 9.84 Å². The molecule has 0 radical (unpaired) electrons. The Hall–Kier alpha value is -2.46. The maximum Gasteiger partial charge on any atom is 0.337 e. The molecule has 100 valence electrons. The van der Waals surface area contributed by atoms with Gasteiger partial charge in [0.25, 0.3) is 0 Å². The number of carboxylic acids is 1. The van der Waals surface area contributed by atoms with Gasteiger partial charge >= 0.3 is 5.97 Å². The van der Waals surface area contributed by atoms with Crippen LogP contribution in [0.15, 0.2) is 48.5 Å². The molecular formula is C16H12O4. The first-order valence-corrected chi connectivity index (χ1v) is 6.24. The molecule has 0 spiro atoms. The van der Waals surface area contributed by atoms with E-state index in [1.165, 1.54) is 0 Å². The van der Waals surface area contributed by atoms with Crippen molar-refractivity contribution in [1.82, 2.24) is 0 Å². The van der Waals surface area contributed by atoms with Crippen LogP contribution in [-0.4, -0.2) is 16.9 Å². The average molecular weight is 268 g/mol. The molecule has 0 amide bonds. The normalized spacial score (nSPS) is 16.7. The summed E-state index contributed by atoms with van der Waals surface area (Å²) in [7, 11) is 0. The summed E-state index contributed by atoms with van der Waals surface area (Å²) in [5.74, 6) is -1.15. The van der Waals surface area contributed by atoms with E-state index in [2.05, 4.69) is 0 Å². The van der Waals surface area contributed by atoms with Crippen molar-refractivity contribution in [1.29, 1.82) is 0 Å². The molecule has 3 rings (SSSR count). The van der Waals surface area contributed by atoms with Crippen LogP contribution in [0.25, 0.3) is 0 Å². The van der Waals surface area contributed by atoms with Crippen LogP contribution >= 0.6 is 0 Å². The van der Waals surface area contributed by atoms with Crippen molar-refractivity contribution in [3.8, 4) is 0 Å². The summed E-state index contributed by atoms with van der Waals surface area (Å²) in [5, 5.41) is 9.10. The van der Waals surface area contributed by atoms with Gasteiger partial charge in [-0.2, -0.15) is 0 Å². The summed E-state index contributed by atoms with van der Waals surface area (Å²) in [6, 6.07) is 14.0. The summed E-state index contributed by atoms with van der Waals surface area (Å²) in [4.78, 5) is 23.6. The molecule has 1 aliphatic heterocycles. The number of aliphatic carboxylic acids is 1. The minimum absolute atomic E-state index is 0.114. The molecule has 0 bridgehead atoms. The highest BCUT2D eigenvalue weighted by atomic mass is 16.5. The fraction of sp³-hybridized carbons (Fsp3) is 0.125. The molecule has 2 aromatic rings. The Labute approximate surface area is 115 Å². The SMILES string of the molecule is O=C(c1ccccc1)c1cccc2c1CO[C@@H]2C(=O)O. The summed E-state index contributed by atoms with van der Waals surface area (Å²) < 4.78 is 5.26. The van der Waals surface area contributed by atoms with Crippen LogP contribution in [0.1, 0.15) is 33.2 Å². The van der Waals surface area contributed by atoms with Crippen molar-refractivity contribution in [2.75, 3.05) is 0 Å². The smallest absolute Gasteiger partial charge is 0.337 e. The highest BCUT2D eigenvalue weighted by Crippen LogP contribution is 2.33. The Morgan fingerprint density at radius 2 is 1.80 bits per heavy atom. The van der Waals surface area contributed by atoms with Crippen molar-refractivity contribution in [3.63, 3.8) is 0 Å². The first-order valence-electron chi connectivity index (χ1n) is 6.24. The molecule has 0 saturated heterocycles. The quantitative estimate of drug-likeness (QED) is 0.869. The zero-order valence-corrected chi connectivity index (χ0v) is 10.6. The Morgan fingerprint density at radius 1 is 1.05 bits per heavy atom.